The van der Waals surface area contributed by atoms with E-state index in [4.69, 9.17) is 4.74 Å². The first-order chi connectivity index (χ1) is 10.0. The van der Waals surface area contributed by atoms with Crippen LogP contribution in [0.5, 0.6) is 5.75 Å². The van der Waals surface area contributed by atoms with E-state index in [2.05, 4.69) is 4.74 Å². The number of benzene rings is 1. The Balaban J connectivity index is 2.37. The van der Waals surface area contributed by atoms with Gasteiger partial charge in [-0.1, -0.05) is 25.5 Å². The highest BCUT2D eigenvalue weighted by molar-refractivity contribution is 5.69. The van der Waals surface area contributed by atoms with Crippen LogP contribution in [0, 0.1) is 0 Å². The number of ether oxygens (including phenoxy) is 2. The molecule has 0 aliphatic rings. The molecular formula is C15H20F2O4. The van der Waals surface area contributed by atoms with Crippen LogP contribution in [-0.4, -0.2) is 24.3 Å². The average Bonchev–Trinajstić information content (AvgIpc) is 2.45. The summed E-state index contributed by atoms with van der Waals surface area (Å²) in [5.41, 5.74) is 0.540. The minimum Gasteiger partial charge on any atom is -0.466 e. The first-order valence-corrected chi connectivity index (χ1v) is 6.91. The summed E-state index contributed by atoms with van der Waals surface area (Å²) in [6.45, 7) is -0.483. The zero-order valence-corrected chi connectivity index (χ0v) is 11.9. The van der Waals surface area contributed by atoms with Gasteiger partial charge in [-0.25, -0.2) is 0 Å². The third kappa shape index (κ3) is 7.04. The molecule has 6 heteroatoms. The van der Waals surface area contributed by atoms with Crippen molar-refractivity contribution in [3.8, 4) is 5.75 Å². The molecule has 0 aromatic heterocycles. The van der Waals surface area contributed by atoms with E-state index >= 15 is 0 Å². The fourth-order valence-electron chi connectivity index (χ4n) is 1.70. The van der Waals surface area contributed by atoms with Gasteiger partial charge in [-0.05, 0) is 30.5 Å². The largest absolute Gasteiger partial charge is 0.466 e. The Morgan fingerprint density at radius 1 is 1.29 bits per heavy atom. The molecule has 0 fully saturated rings. The Bertz CT molecular complexity index is 420. The lowest BCUT2D eigenvalue weighted by atomic mass is 10.0. The van der Waals surface area contributed by atoms with Crippen LogP contribution in [0.15, 0.2) is 24.3 Å². The molecule has 4 nitrogen and oxygen atoms in total. The summed E-state index contributed by atoms with van der Waals surface area (Å²) in [5, 5.41) is 9.92. The quantitative estimate of drug-likeness (QED) is 0.561. The summed E-state index contributed by atoms with van der Waals surface area (Å²) in [7, 11) is 0. The van der Waals surface area contributed by atoms with Gasteiger partial charge in [-0.3, -0.25) is 4.79 Å². The molecule has 1 aromatic carbocycles. The van der Waals surface area contributed by atoms with Crippen LogP contribution in [0.3, 0.4) is 0 Å². The first-order valence-electron chi connectivity index (χ1n) is 6.91. The van der Waals surface area contributed by atoms with Crippen molar-refractivity contribution in [2.45, 2.75) is 45.3 Å². The molecule has 0 aliphatic heterocycles. The summed E-state index contributed by atoms with van der Waals surface area (Å²) >= 11 is 0. The van der Waals surface area contributed by atoms with Crippen LogP contribution in [0.25, 0.3) is 0 Å². The highest BCUT2D eigenvalue weighted by Crippen LogP contribution is 2.22. The van der Waals surface area contributed by atoms with Gasteiger partial charge >= 0.3 is 12.6 Å². The van der Waals surface area contributed by atoms with Crippen LogP contribution in [0.1, 0.15) is 44.3 Å². The van der Waals surface area contributed by atoms with Gasteiger partial charge in [0.25, 0.3) is 0 Å². The predicted molar refractivity (Wildman–Crippen MR) is 73.1 cm³/mol. The van der Waals surface area contributed by atoms with E-state index in [0.29, 0.717) is 12.2 Å². The second-order valence-corrected chi connectivity index (χ2v) is 4.58. The highest BCUT2D eigenvalue weighted by atomic mass is 19.3. The Morgan fingerprint density at radius 3 is 2.52 bits per heavy atom. The second kappa shape index (κ2) is 9.28. The standard InChI is InChI=1S/C15H20F2O4/c1-2-3-10-20-14(19)9-8-13(18)11-4-6-12(7-5-11)21-15(16)17/h4-7,13,15,18H,2-3,8-10H2,1H3. The van der Waals surface area contributed by atoms with Gasteiger partial charge in [0.2, 0.25) is 0 Å². The third-order valence-corrected chi connectivity index (χ3v) is 2.87. The van der Waals surface area contributed by atoms with Crippen LogP contribution in [0.2, 0.25) is 0 Å². The van der Waals surface area contributed by atoms with E-state index in [9.17, 15) is 18.7 Å². The van der Waals surface area contributed by atoms with Crippen molar-refractivity contribution in [1.82, 2.24) is 0 Å². The van der Waals surface area contributed by atoms with Gasteiger partial charge in [0.15, 0.2) is 0 Å². The number of aliphatic hydroxyl groups excluding tert-OH is 1. The number of hydrogen-bond acceptors (Lipinski definition) is 4. The molecule has 1 N–H and O–H groups in total. The number of hydrogen-bond donors (Lipinski definition) is 1. The van der Waals surface area contributed by atoms with E-state index in [0.717, 1.165) is 12.8 Å². The minimum absolute atomic E-state index is 0.0277. The van der Waals surface area contributed by atoms with Crippen molar-refractivity contribution < 1.29 is 28.2 Å². The zero-order chi connectivity index (χ0) is 15.7. The fraction of sp³-hybridized carbons (Fsp3) is 0.533. The van der Waals surface area contributed by atoms with E-state index in [-0.39, 0.29) is 24.6 Å². The third-order valence-electron chi connectivity index (χ3n) is 2.87. The Hall–Kier alpha value is -1.69. The number of rotatable bonds is 9. The van der Waals surface area contributed by atoms with E-state index in [1.54, 1.807) is 0 Å². The predicted octanol–water partition coefficient (Wildman–Crippen LogP) is 3.44. The molecule has 1 atom stereocenters. The molecule has 0 bridgehead atoms. The molecule has 118 valence electrons. The normalized spacial score (nSPS) is 12.2. The number of aliphatic hydroxyl groups is 1. The van der Waals surface area contributed by atoms with Gasteiger partial charge in [0.1, 0.15) is 5.75 Å². The van der Waals surface area contributed by atoms with Gasteiger partial charge < -0.3 is 14.6 Å². The van der Waals surface area contributed by atoms with Crippen LogP contribution < -0.4 is 4.74 Å². The summed E-state index contributed by atoms with van der Waals surface area (Å²) < 4.78 is 33.2. The lowest BCUT2D eigenvalue weighted by molar-refractivity contribution is -0.144. The SMILES string of the molecule is CCCCOC(=O)CCC(O)c1ccc(OC(F)F)cc1. The lowest BCUT2D eigenvalue weighted by Gasteiger charge is -2.12. The molecule has 21 heavy (non-hydrogen) atoms. The lowest BCUT2D eigenvalue weighted by Crippen LogP contribution is -2.08. The summed E-state index contributed by atoms with van der Waals surface area (Å²) in [5.74, 6) is -0.319. The molecule has 0 spiro atoms. The Morgan fingerprint density at radius 2 is 1.95 bits per heavy atom. The van der Waals surface area contributed by atoms with Crippen LogP contribution in [0.4, 0.5) is 8.78 Å². The van der Waals surface area contributed by atoms with Gasteiger partial charge in [-0.2, -0.15) is 8.78 Å². The van der Waals surface area contributed by atoms with Crippen LogP contribution >= 0.6 is 0 Å². The van der Waals surface area contributed by atoms with Crippen molar-refractivity contribution in [3.05, 3.63) is 29.8 Å². The highest BCUT2D eigenvalue weighted by Gasteiger charge is 2.12. The maximum Gasteiger partial charge on any atom is 0.387 e. The number of halogens is 2. The maximum atomic E-state index is 12.0. The molecular weight excluding hydrogens is 282 g/mol. The summed E-state index contributed by atoms with van der Waals surface area (Å²) in [4.78, 5) is 11.4. The molecule has 0 amide bonds. The maximum absolute atomic E-state index is 12.0. The molecule has 0 aliphatic carbocycles. The molecule has 1 unspecified atom stereocenters. The Labute approximate surface area is 122 Å². The molecule has 0 saturated heterocycles. The van der Waals surface area contributed by atoms with Crippen molar-refractivity contribution in [2.75, 3.05) is 6.61 Å². The van der Waals surface area contributed by atoms with Crippen molar-refractivity contribution in [3.63, 3.8) is 0 Å². The number of esters is 1. The van der Waals surface area contributed by atoms with E-state index < -0.39 is 12.7 Å². The van der Waals surface area contributed by atoms with E-state index in [1.165, 1.54) is 24.3 Å². The molecule has 0 radical (unpaired) electrons. The van der Waals surface area contributed by atoms with Gasteiger partial charge in [0.05, 0.1) is 12.7 Å². The monoisotopic (exact) mass is 302 g/mol. The second-order valence-electron chi connectivity index (χ2n) is 4.58. The zero-order valence-electron chi connectivity index (χ0n) is 11.9. The first kappa shape index (κ1) is 17.4. The molecule has 1 aromatic rings. The molecule has 0 heterocycles. The van der Waals surface area contributed by atoms with Crippen molar-refractivity contribution in [2.24, 2.45) is 0 Å². The topological polar surface area (TPSA) is 55.8 Å². The fourth-order valence-corrected chi connectivity index (χ4v) is 1.70. The average molecular weight is 302 g/mol. The van der Waals surface area contributed by atoms with Crippen molar-refractivity contribution in [1.29, 1.82) is 0 Å². The number of carbonyl (C=O) groups is 1. The summed E-state index contributed by atoms with van der Waals surface area (Å²) in [6.07, 6.45) is 1.26. The summed E-state index contributed by atoms with van der Waals surface area (Å²) in [6, 6.07) is 5.68. The number of carbonyl (C=O) groups excluding carboxylic acids is 1. The van der Waals surface area contributed by atoms with Gasteiger partial charge in [-0.15, -0.1) is 0 Å². The minimum atomic E-state index is -2.88. The Kier molecular flexibility index (Phi) is 7.68. The smallest absolute Gasteiger partial charge is 0.387 e. The molecule has 1 rings (SSSR count). The number of alkyl halides is 2. The van der Waals surface area contributed by atoms with Crippen LogP contribution in [-0.2, 0) is 9.53 Å². The van der Waals surface area contributed by atoms with Gasteiger partial charge in [0, 0.05) is 6.42 Å². The van der Waals surface area contributed by atoms with Crippen molar-refractivity contribution >= 4 is 5.97 Å². The molecule has 0 saturated carbocycles. The number of unbranched alkanes of at least 4 members (excludes halogenated alkanes) is 1. The van der Waals surface area contributed by atoms with E-state index in [1.807, 2.05) is 6.92 Å².